The van der Waals surface area contributed by atoms with Crippen LogP contribution < -0.4 is 4.90 Å². The van der Waals surface area contributed by atoms with Gasteiger partial charge in [0.05, 0.1) is 11.6 Å². The number of rotatable bonds is 5. The molecule has 1 amide bonds. The predicted molar refractivity (Wildman–Crippen MR) is 108 cm³/mol. The standard InChI is InChI=1S/C21H20F3N7O/c22-21(23,24)13-30(12-16-3-1-15(11-25)2-4-16)20(32)17-7-9-29(10-8-17)19-6-5-18-27-26-14-31(18)28-19/h1-6,14,17H,7-10,12-13H2. The van der Waals surface area contributed by atoms with Crippen molar-refractivity contribution in [1.82, 2.24) is 24.7 Å². The molecule has 0 unspecified atom stereocenters. The van der Waals surface area contributed by atoms with Gasteiger partial charge in [-0.1, -0.05) is 12.1 Å². The Morgan fingerprint density at radius 3 is 2.53 bits per heavy atom. The molecule has 0 saturated carbocycles. The monoisotopic (exact) mass is 443 g/mol. The third-order valence-electron chi connectivity index (χ3n) is 5.45. The lowest BCUT2D eigenvalue weighted by atomic mass is 9.95. The van der Waals surface area contributed by atoms with Crippen LogP contribution in [0.3, 0.4) is 0 Å². The maximum atomic E-state index is 13.2. The summed E-state index contributed by atoms with van der Waals surface area (Å²) in [6, 6.07) is 11.8. The number of carbonyl (C=O) groups is 1. The third kappa shape index (κ3) is 4.96. The first-order chi connectivity index (χ1) is 15.3. The average molecular weight is 443 g/mol. The Bertz CT molecular complexity index is 1130. The Morgan fingerprint density at radius 2 is 1.88 bits per heavy atom. The summed E-state index contributed by atoms with van der Waals surface area (Å²) in [6.07, 6.45) is -2.14. The number of hydrogen-bond donors (Lipinski definition) is 0. The molecule has 0 bridgehead atoms. The molecular formula is C21H20F3N7O. The molecule has 1 aliphatic heterocycles. The van der Waals surface area contributed by atoms with Crippen LogP contribution in [0.5, 0.6) is 0 Å². The average Bonchev–Trinajstić information content (AvgIpc) is 3.26. The van der Waals surface area contributed by atoms with Crippen molar-refractivity contribution in [2.45, 2.75) is 25.6 Å². The van der Waals surface area contributed by atoms with Crippen LogP contribution in [0.15, 0.2) is 42.7 Å². The van der Waals surface area contributed by atoms with Gasteiger partial charge in [0.2, 0.25) is 5.91 Å². The highest BCUT2D eigenvalue weighted by molar-refractivity contribution is 5.79. The molecule has 11 heteroatoms. The second kappa shape index (κ2) is 8.82. The smallest absolute Gasteiger partial charge is 0.355 e. The van der Waals surface area contributed by atoms with Crippen molar-refractivity contribution >= 4 is 17.4 Å². The number of benzene rings is 1. The fraction of sp³-hybridized carbons (Fsp3) is 0.381. The van der Waals surface area contributed by atoms with E-state index in [1.807, 2.05) is 17.0 Å². The van der Waals surface area contributed by atoms with Crippen LogP contribution in [0.25, 0.3) is 5.65 Å². The summed E-state index contributed by atoms with van der Waals surface area (Å²) in [5.41, 5.74) is 1.57. The minimum Gasteiger partial charge on any atom is -0.355 e. The van der Waals surface area contributed by atoms with Gasteiger partial charge >= 0.3 is 6.18 Å². The van der Waals surface area contributed by atoms with Crippen molar-refractivity contribution in [1.29, 1.82) is 5.26 Å². The summed E-state index contributed by atoms with van der Waals surface area (Å²) < 4.78 is 41.1. The first-order valence-corrected chi connectivity index (χ1v) is 10.1. The van der Waals surface area contributed by atoms with Gasteiger partial charge in [0.25, 0.3) is 0 Å². The maximum Gasteiger partial charge on any atom is 0.406 e. The molecule has 166 valence electrons. The minimum absolute atomic E-state index is 0.157. The van der Waals surface area contributed by atoms with Crippen LogP contribution in [0.4, 0.5) is 19.0 Å². The molecule has 1 aromatic carbocycles. The van der Waals surface area contributed by atoms with Crippen LogP contribution in [-0.2, 0) is 11.3 Å². The van der Waals surface area contributed by atoms with Gasteiger partial charge in [0.15, 0.2) is 5.65 Å². The summed E-state index contributed by atoms with van der Waals surface area (Å²) >= 11 is 0. The van der Waals surface area contributed by atoms with Crippen molar-refractivity contribution in [2.75, 3.05) is 24.5 Å². The normalized spacial score (nSPS) is 15.0. The zero-order chi connectivity index (χ0) is 22.7. The molecule has 0 spiro atoms. The number of alkyl halides is 3. The summed E-state index contributed by atoms with van der Waals surface area (Å²) in [7, 11) is 0. The van der Waals surface area contributed by atoms with Crippen LogP contribution in [0, 0.1) is 17.2 Å². The van der Waals surface area contributed by atoms with Gasteiger partial charge in [-0.3, -0.25) is 4.79 Å². The quantitative estimate of drug-likeness (QED) is 0.602. The largest absolute Gasteiger partial charge is 0.406 e. The van der Waals surface area contributed by atoms with Gasteiger partial charge < -0.3 is 9.80 Å². The summed E-state index contributed by atoms with van der Waals surface area (Å²) in [5, 5.41) is 21.0. The van der Waals surface area contributed by atoms with E-state index in [0.29, 0.717) is 48.5 Å². The first-order valence-electron chi connectivity index (χ1n) is 10.1. The molecule has 32 heavy (non-hydrogen) atoms. The highest BCUT2D eigenvalue weighted by Crippen LogP contribution is 2.26. The van der Waals surface area contributed by atoms with E-state index in [1.54, 1.807) is 22.7 Å². The number of nitriles is 1. The third-order valence-corrected chi connectivity index (χ3v) is 5.45. The van der Waals surface area contributed by atoms with Crippen molar-refractivity contribution in [3.63, 3.8) is 0 Å². The first kappa shape index (κ1) is 21.5. The number of piperidine rings is 1. The van der Waals surface area contributed by atoms with Crippen molar-refractivity contribution in [3.8, 4) is 6.07 Å². The van der Waals surface area contributed by atoms with E-state index >= 15 is 0 Å². The van der Waals surface area contributed by atoms with E-state index in [-0.39, 0.29) is 6.54 Å². The molecule has 0 radical (unpaired) electrons. The Balaban J connectivity index is 1.43. The number of fused-ring (bicyclic) bond motifs is 1. The molecule has 0 aliphatic carbocycles. The van der Waals surface area contributed by atoms with Gasteiger partial charge in [-0.05, 0) is 42.7 Å². The van der Waals surface area contributed by atoms with Crippen LogP contribution in [0.2, 0.25) is 0 Å². The Morgan fingerprint density at radius 1 is 1.16 bits per heavy atom. The van der Waals surface area contributed by atoms with E-state index in [4.69, 9.17) is 5.26 Å². The van der Waals surface area contributed by atoms with Gasteiger partial charge in [0, 0.05) is 25.6 Å². The molecule has 0 atom stereocenters. The lowest BCUT2D eigenvalue weighted by Gasteiger charge is -2.35. The van der Waals surface area contributed by atoms with E-state index in [2.05, 4.69) is 15.3 Å². The van der Waals surface area contributed by atoms with Crippen molar-refractivity contribution in [3.05, 3.63) is 53.9 Å². The molecule has 4 rings (SSSR count). The van der Waals surface area contributed by atoms with Gasteiger partial charge in [-0.15, -0.1) is 15.3 Å². The Kier molecular flexibility index (Phi) is 5.94. The molecule has 1 saturated heterocycles. The van der Waals surface area contributed by atoms with E-state index in [0.717, 1.165) is 4.90 Å². The topological polar surface area (TPSA) is 90.4 Å². The van der Waals surface area contributed by atoms with Crippen molar-refractivity contribution < 1.29 is 18.0 Å². The number of anilines is 1. The number of halogens is 3. The lowest BCUT2D eigenvalue weighted by Crippen LogP contribution is -2.45. The minimum atomic E-state index is -4.50. The summed E-state index contributed by atoms with van der Waals surface area (Å²) in [6.45, 7) is -0.449. The number of nitrogens with zero attached hydrogens (tertiary/aromatic N) is 7. The molecule has 0 N–H and O–H groups in total. The SMILES string of the molecule is N#Cc1ccc(CN(CC(F)(F)F)C(=O)C2CCN(c3ccc4nncn4n3)CC2)cc1. The number of carbonyl (C=O) groups excluding carboxylic acids is 1. The van der Waals surface area contributed by atoms with E-state index in [9.17, 15) is 18.0 Å². The van der Waals surface area contributed by atoms with Crippen LogP contribution >= 0.6 is 0 Å². The van der Waals surface area contributed by atoms with Gasteiger partial charge in [-0.25, -0.2) is 0 Å². The van der Waals surface area contributed by atoms with Crippen LogP contribution in [0.1, 0.15) is 24.0 Å². The molecule has 1 fully saturated rings. The Hall–Kier alpha value is -3.68. The van der Waals surface area contributed by atoms with Crippen LogP contribution in [-0.4, -0.2) is 56.4 Å². The highest BCUT2D eigenvalue weighted by Gasteiger charge is 2.36. The Labute approximate surface area is 181 Å². The lowest BCUT2D eigenvalue weighted by molar-refractivity contribution is -0.165. The second-order valence-corrected chi connectivity index (χ2v) is 7.70. The van der Waals surface area contributed by atoms with Gasteiger partial charge in [-0.2, -0.15) is 22.9 Å². The fourth-order valence-electron chi connectivity index (χ4n) is 3.83. The zero-order valence-electron chi connectivity index (χ0n) is 17.0. The van der Waals surface area contributed by atoms with E-state index < -0.39 is 24.5 Å². The molecular weight excluding hydrogens is 423 g/mol. The van der Waals surface area contributed by atoms with Gasteiger partial charge in [0.1, 0.15) is 18.7 Å². The number of hydrogen-bond acceptors (Lipinski definition) is 6. The maximum absolute atomic E-state index is 13.2. The molecule has 3 aromatic rings. The highest BCUT2D eigenvalue weighted by atomic mass is 19.4. The molecule has 2 aromatic heterocycles. The van der Waals surface area contributed by atoms with E-state index in [1.165, 1.54) is 18.5 Å². The fourth-order valence-corrected chi connectivity index (χ4v) is 3.83. The zero-order valence-corrected chi connectivity index (χ0v) is 17.0. The summed E-state index contributed by atoms with van der Waals surface area (Å²) in [4.78, 5) is 15.9. The summed E-state index contributed by atoms with van der Waals surface area (Å²) in [5.74, 6) is -0.299. The molecule has 1 aliphatic rings. The second-order valence-electron chi connectivity index (χ2n) is 7.70. The molecule has 8 nitrogen and oxygen atoms in total. The predicted octanol–water partition coefficient (Wildman–Crippen LogP) is 2.80. The molecule has 3 heterocycles. The van der Waals surface area contributed by atoms with Crippen molar-refractivity contribution in [2.24, 2.45) is 5.92 Å². The number of aromatic nitrogens is 4. The number of amides is 1.